The SMILES string of the molecule is Fc1cccc(C2NCC3CC32)c1. The lowest BCUT2D eigenvalue weighted by molar-refractivity contribution is 0.554. The number of fused-ring (bicyclic) bond motifs is 1. The van der Waals surface area contributed by atoms with Crippen LogP contribution in [0.3, 0.4) is 0 Å². The molecule has 0 radical (unpaired) electrons. The summed E-state index contributed by atoms with van der Waals surface area (Å²) < 4.78 is 12.9. The lowest BCUT2D eigenvalue weighted by Crippen LogP contribution is -2.17. The summed E-state index contributed by atoms with van der Waals surface area (Å²) >= 11 is 0. The van der Waals surface area contributed by atoms with Crippen LogP contribution in [0.2, 0.25) is 0 Å². The Balaban J connectivity index is 1.91. The van der Waals surface area contributed by atoms with Gasteiger partial charge in [-0.05, 0) is 42.5 Å². The maximum atomic E-state index is 12.9. The van der Waals surface area contributed by atoms with Crippen molar-refractivity contribution in [2.75, 3.05) is 6.54 Å². The van der Waals surface area contributed by atoms with E-state index in [-0.39, 0.29) is 5.82 Å². The van der Waals surface area contributed by atoms with Gasteiger partial charge in [0.15, 0.2) is 0 Å². The number of benzene rings is 1. The fourth-order valence-electron chi connectivity index (χ4n) is 2.41. The summed E-state index contributed by atoms with van der Waals surface area (Å²) in [6, 6.07) is 7.38. The predicted molar refractivity (Wildman–Crippen MR) is 48.7 cm³/mol. The van der Waals surface area contributed by atoms with Crippen LogP contribution in [0.15, 0.2) is 24.3 Å². The van der Waals surface area contributed by atoms with E-state index in [1.807, 2.05) is 6.07 Å². The van der Waals surface area contributed by atoms with E-state index in [1.54, 1.807) is 12.1 Å². The highest BCUT2D eigenvalue weighted by Crippen LogP contribution is 2.51. The Morgan fingerprint density at radius 3 is 2.92 bits per heavy atom. The quantitative estimate of drug-likeness (QED) is 0.692. The number of hydrogen-bond donors (Lipinski definition) is 1. The Hall–Kier alpha value is -0.890. The first-order valence-electron chi connectivity index (χ1n) is 4.83. The molecule has 0 bridgehead atoms. The lowest BCUT2D eigenvalue weighted by atomic mass is 10.0. The Labute approximate surface area is 77.0 Å². The summed E-state index contributed by atoms with van der Waals surface area (Å²) in [4.78, 5) is 0. The molecule has 1 heterocycles. The van der Waals surface area contributed by atoms with Crippen LogP contribution in [0.1, 0.15) is 18.0 Å². The predicted octanol–water partition coefficient (Wildman–Crippen LogP) is 2.11. The molecule has 1 N–H and O–H groups in total. The molecule has 1 saturated heterocycles. The smallest absolute Gasteiger partial charge is 0.123 e. The van der Waals surface area contributed by atoms with E-state index in [0.717, 1.165) is 23.9 Å². The summed E-state index contributed by atoms with van der Waals surface area (Å²) in [5, 5.41) is 3.43. The molecule has 2 fully saturated rings. The fraction of sp³-hybridized carbons (Fsp3) is 0.455. The van der Waals surface area contributed by atoms with Gasteiger partial charge in [-0.1, -0.05) is 12.1 Å². The van der Waals surface area contributed by atoms with Gasteiger partial charge in [-0.2, -0.15) is 0 Å². The second-order valence-electron chi connectivity index (χ2n) is 4.10. The summed E-state index contributed by atoms with van der Waals surface area (Å²) in [6.07, 6.45) is 1.33. The first-order valence-corrected chi connectivity index (χ1v) is 4.83. The molecule has 2 aliphatic rings. The zero-order chi connectivity index (χ0) is 8.84. The number of piperidine rings is 1. The third kappa shape index (κ3) is 1.17. The largest absolute Gasteiger partial charge is 0.309 e. The van der Waals surface area contributed by atoms with E-state index < -0.39 is 0 Å². The molecule has 1 aliphatic heterocycles. The molecule has 3 unspecified atom stereocenters. The Bertz CT molecular complexity index is 337. The number of nitrogens with one attached hydrogen (secondary N) is 1. The van der Waals surface area contributed by atoms with Gasteiger partial charge < -0.3 is 5.32 Å². The van der Waals surface area contributed by atoms with Crippen LogP contribution in [-0.2, 0) is 0 Å². The van der Waals surface area contributed by atoms with Gasteiger partial charge in [0, 0.05) is 6.04 Å². The van der Waals surface area contributed by atoms with Crippen LogP contribution in [0.25, 0.3) is 0 Å². The third-order valence-electron chi connectivity index (χ3n) is 3.21. The molecule has 68 valence electrons. The highest BCUT2D eigenvalue weighted by atomic mass is 19.1. The van der Waals surface area contributed by atoms with Crippen molar-refractivity contribution >= 4 is 0 Å². The topological polar surface area (TPSA) is 12.0 Å². The van der Waals surface area contributed by atoms with Crippen LogP contribution in [0, 0.1) is 17.7 Å². The summed E-state index contributed by atoms with van der Waals surface area (Å²) in [7, 11) is 0. The van der Waals surface area contributed by atoms with Gasteiger partial charge >= 0.3 is 0 Å². The summed E-state index contributed by atoms with van der Waals surface area (Å²) in [6.45, 7) is 1.12. The molecule has 0 amide bonds. The molecule has 0 spiro atoms. The van der Waals surface area contributed by atoms with Crippen LogP contribution in [-0.4, -0.2) is 6.54 Å². The minimum absolute atomic E-state index is 0.122. The first kappa shape index (κ1) is 7.51. The van der Waals surface area contributed by atoms with E-state index in [1.165, 1.54) is 12.5 Å². The van der Waals surface area contributed by atoms with E-state index in [0.29, 0.717) is 6.04 Å². The average molecular weight is 177 g/mol. The Morgan fingerprint density at radius 2 is 2.31 bits per heavy atom. The highest BCUT2D eigenvalue weighted by Gasteiger charge is 2.48. The molecule has 3 rings (SSSR count). The van der Waals surface area contributed by atoms with Crippen molar-refractivity contribution in [3.05, 3.63) is 35.6 Å². The molecule has 1 aromatic rings. The standard InChI is InChI=1S/C11H12FN/c12-9-3-1-2-7(4-9)11-10-5-8(10)6-13-11/h1-4,8,10-11,13H,5-6H2. The second-order valence-corrected chi connectivity index (χ2v) is 4.10. The molecule has 1 aliphatic carbocycles. The summed E-state index contributed by atoms with van der Waals surface area (Å²) in [5.74, 6) is 1.53. The number of rotatable bonds is 1. The molecular formula is C11H12FN. The van der Waals surface area contributed by atoms with Crippen molar-refractivity contribution in [3.8, 4) is 0 Å². The number of hydrogen-bond acceptors (Lipinski definition) is 1. The van der Waals surface area contributed by atoms with Gasteiger partial charge in [0.25, 0.3) is 0 Å². The number of halogens is 1. The van der Waals surface area contributed by atoms with Crippen molar-refractivity contribution in [1.82, 2.24) is 5.32 Å². The van der Waals surface area contributed by atoms with E-state index in [4.69, 9.17) is 0 Å². The maximum absolute atomic E-state index is 12.9. The summed E-state index contributed by atoms with van der Waals surface area (Å²) in [5.41, 5.74) is 1.12. The normalized spacial score (nSPS) is 35.9. The van der Waals surface area contributed by atoms with Gasteiger partial charge in [-0.25, -0.2) is 4.39 Å². The lowest BCUT2D eigenvalue weighted by Gasteiger charge is -2.13. The van der Waals surface area contributed by atoms with Crippen LogP contribution >= 0.6 is 0 Å². The van der Waals surface area contributed by atoms with E-state index in [2.05, 4.69) is 5.32 Å². The molecule has 1 saturated carbocycles. The van der Waals surface area contributed by atoms with E-state index in [9.17, 15) is 4.39 Å². The van der Waals surface area contributed by atoms with Gasteiger partial charge in [-0.3, -0.25) is 0 Å². The highest BCUT2D eigenvalue weighted by molar-refractivity contribution is 5.24. The minimum Gasteiger partial charge on any atom is -0.309 e. The van der Waals surface area contributed by atoms with Crippen LogP contribution in [0.5, 0.6) is 0 Å². The Morgan fingerprint density at radius 1 is 1.38 bits per heavy atom. The van der Waals surface area contributed by atoms with Crippen molar-refractivity contribution in [2.24, 2.45) is 11.8 Å². The first-order chi connectivity index (χ1) is 6.34. The Kier molecular flexibility index (Phi) is 1.47. The fourth-order valence-corrected chi connectivity index (χ4v) is 2.41. The van der Waals surface area contributed by atoms with Gasteiger partial charge in [0.2, 0.25) is 0 Å². The van der Waals surface area contributed by atoms with Crippen molar-refractivity contribution in [3.63, 3.8) is 0 Å². The average Bonchev–Trinajstić information content (AvgIpc) is 2.78. The molecule has 1 aromatic carbocycles. The third-order valence-corrected chi connectivity index (χ3v) is 3.21. The van der Waals surface area contributed by atoms with Crippen molar-refractivity contribution in [2.45, 2.75) is 12.5 Å². The minimum atomic E-state index is -0.122. The van der Waals surface area contributed by atoms with Crippen molar-refractivity contribution in [1.29, 1.82) is 0 Å². The van der Waals surface area contributed by atoms with Gasteiger partial charge in [0.05, 0.1) is 0 Å². The zero-order valence-electron chi connectivity index (χ0n) is 7.33. The molecule has 13 heavy (non-hydrogen) atoms. The maximum Gasteiger partial charge on any atom is 0.123 e. The monoisotopic (exact) mass is 177 g/mol. The zero-order valence-corrected chi connectivity index (χ0v) is 7.33. The molecular weight excluding hydrogens is 165 g/mol. The van der Waals surface area contributed by atoms with Gasteiger partial charge in [-0.15, -0.1) is 0 Å². The molecule has 0 aromatic heterocycles. The molecule has 3 atom stereocenters. The second kappa shape index (κ2) is 2.55. The molecule has 1 nitrogen and oxygen atoms in total. The molecule has 2 heteroatoms. The van der Waals surface area contributed by atoms with Crippen LogP contribution in [0.4, 0.5) is 4.39 Å². The van der Waals surface area contributed by atoms with Crippen LogP contribution < -0.4 is 5.32 Å². The van der Waals surface area contributed by atoms with Gasteiger partial charge in [0.1, 0.15) is 5.82 Å². The van der Waals surface area contributed by atoms with E-state index >= 15 is 0 Å². The van der Waals surface area contributed by atoms with Crippen molar-refractivity contribution < 1.29 is 4.39 Å².